The Hall–Kier alpha value is -0.840. The van der Waals surface area contributed by atoms with Gasteiger partial charge in [-0.3, -0.25) is 0 Å². The standard InChI is InChI=1S/C18H37.C8H6O4.Na/c1-3-5-7-9-11-13-15-17-18-16-14-12-10-8-6-4-2;9-7(10)5-3-1-2-4-6(5)8(11)12;/h1,3-18H2,2H3;1-4H,(H,9,10)(H,11,12);/q-1;;+1. The number of carboxylic acid groups (broad SMARTS) is 2. The van der Waals surface area contributed by atoms with E-state index in [1.807, 2.05) is 0 Å². The van der Waals surface area contributed by atoms with E-state index in [-0.39, 0.29) is 40.7 Å². The first-order chi connectivity index (χ1) is 14.5. The second-order valence-corrected chi connectivity index (χ2v) is 7.96. The number of aromatic carboxylic acids is 2. The summed E-state index contributed by atoms with van der Waals surface area (Å²) in [5.74, 6) is -2.46. The molecule has 0 fully saturated rings. The van der Waals surface area contributed by atoms with E-state index >= 15 is 0 Å². The van der Waals surface area contributed by atoms with Crippen molar-refractivity contribution in [3.8, 4) is 0 Å². The molecule has 172 valence electrons. The molecule has 4 nitrogen and oxygen atoms in total. The molecule has 0 heterocycles. The Labute approximate surface area is 212 Å². The summed E-state index contributed by atoms with van der Waals surface area (Å²) in [7, 11) is 0. The molecular weight excluding hydrogens is 399 g/mol. The number of rotatable bonds is 17. The SMILES string of the molecule is O=C(O)c1ccccc1C(=O)O.[CH2-]CCCCCCCCCCCCCCCCC.[Na+]. The van der Waals surface area contributed by atoms with Gasteiger partial charge >= 0.3 is 41.5 Å². The van der Waals surface area contributed by atoms with Gasteiger partial charge in [-0.1, -0.05) is 115 Å². The molecule has 1 aromatic rings. The fourth-order valence-electron chi connectivity index (χ4n) is 3.40. The van der Waals surface area contributed by atoms with Gasteiger partial charge in [-0.05, 0) is 12.1 Å². The summed E-state index contributed by atoms with van der Waals surface area (Å²) in [5, 5.41) is 17.1. The van der Waals surface area contributed by atoms with Gasteiger partial charge in [0.25, 0.3) is 0 Å². The van der Waals surface area contributed by atoms with Gasteiger partial charge in [-0.15, -0.1) is 0 Å². The van der Waals surface area contributed by atoms with Crippen molar-refractivity contribution in [3.05, 3.63) is 42.3 Å². The molecule has 0 aliphatic carbocycles. The third-order valence-corrected chi connectivity index (χ3v) is 5.24. The Morgan fingerprint density at radius 2 is 0.935 bits per heavy atom. The van der Waals surface area contributed by atoms with Gasteiger partial charge in [0.15, 0.2) is 0 Å². The number of carboxylic acids is 2. The molecule has 31 heavy (non-hydrogen) atoms. The molecule has 0 atom stereocenters. The van der Waals surface area contributed by atoms with Crippen molar-refractivity contribution in [1.82, 2.24) is 0 Å². The van der Waals surface area contributed by atoms with Crippen LogP contribution < -0.4 is 29.6 Å². The predicted molar refractivity (Wildman–Crippen MR) is 125 cm³/mol. The molecule has 0 saturated carbocycles. The Kier molecular flexibility index (Phi) is 24.8. The molecule has 1 rings (SSSR count). The molecule has 0 radical (unpaired) electrons. The van der Waals surface area contributed by atoms with Gasteiger partial charge in [-0.25, -0.2) is 9.59 Å². The van der Waals surface area contributed by atoms with Gasteiger partial charge < -0.3 is 17.1 Å². The zero-order chi connectivity index (χ0) is 22.5. The smallest absolute Gasteiger partial charge is 0.478 e. The summed E-state index contributed by atoms with van der Waals surface area (Å²) in [6, 6.07) is 5.48. The number of hydrogen-bond donors (Lipinski definition) is 2. The maximum Gasteiger partial charge on any atom is 1.00 e. The van der Waals surface area contributed by atoms with Crippen molar-refractivity contribution in [2.24, 2.45) is 0 Å². The van der Waals surface area contributed by atoms with Crippen molar-refractivity contribution in [1.29, 1.82) is 0 Å². The first kappa shape index (κ1) is 32.3. The summed E-state index contributed by atoms with van der Waals surface area (Å²) in [4.78, 5) is 20.9. The van der Waals surface area contributed by atoms with Crippen molar-refractivity contribution in [2.75, 3.05) is 0 Å². The summed E-state index contributed by atoms with van der Waals surface area (Å²) in [6.07, 6.45) is 22.8. The van der Waals surface area contributed by atoms with Crippen molar-refractivity contribution >= 4 is 11.9 Å². The fourth-order valence-corrected chi connectivity index (χ4v) is 3.40. The summed E-state index contributed by atoms with van der Waals surface area (Å²) in [5.41, 5.74) is -0.380. The van der Waals surface area contributed by atoms with E-state index in [0.29, 0.717) is 0 Å². The normalized spacial score (nSPS) is 10.0. The molecule has 0 aliphatic rings. The molecular formula is C26H43NaO4. The van der Waals surface area contributed by atoms with E-state index in [1.54, 1.807) is 0 Å². The molecule has 0 bridgehead atoms. The molecule has 0 amide bonds. The van der Waals surface area contributed by atoms with Crippen molar-refractivity contribution in [2.45, 2.75) is 110 Å². The third kappa shape index (κ3) is 19.6. The van der Waals surface area contributed by atoms with E-state index in [1.165, 1.54) is 121 Å². The molecule has 5 heteroatoms. The fraction of sp³-hybridized carbons (Fsp3) is 0.654. The average molecular weight is 443 g/mol. The van der Waals surface area contributed by atoms with Crippen LogP contribution in [0.2, 0.25) is 0 Å². The molecule has 0 saturated heterocycles. The Bertz CT molecular complexity index is 511. The van der Waals surface area contributed by atoms with Crippen LogP contribution in [0.15, 0.2) is 24.3 Å². The summed E-state index contributed by atoms with van der Waals surface area (Å²) in [6.45, 7) is 6.18. The minimum absolute atomic E-state index is 0. The van der Waals surface area contributed by atoms with Gasteiger partial charge in [0, 0.05) is 0 Å². The second kappa shape index (κ2) is 23.8. The summed E-state index contributed by atoms with van der Waals surface area (Å²) >= 11 is 0. The molecule has 1 aromatic carbocycles. The van der Waals surface area contributed by atoms with E-state index in [9.17, 15) is 9.59 Å². The van der Waals surface area contributed by atoms with Crippen LogP contribution in [0.5, 0.6) is 0 Å². The Balaban J connectivity index is 0. The second-order valence-electron chi connectivity index (χ2n) is 7.96. The van der Waals surface area contributed by atoms with Crippen LogP contribution in [0.1, 0.15) is 130 Å². The first-order valence-corrected chi connectivity index (χ1v) is 11.9. The quantitative estimate of drug-likeness (QED) is 0.198. The van der Waals surface area contributed by atoms with Crippen LogP contribution in [0, 0.1) is 6.92 Å². The maximum absolute atomic E-state index is 10.5. The third-order valence-electron chi connectivity index (χ3n) is 5.24. The molecule has 0 aliphatic heterocycles. The number of hydrogen-bond acceptors (Lipinski definition) is 2. The van der Waals surface area contributed by atoms with Crippen LogP contribution in [-0.4, -0.2) is 22.2 Å². The van der Waals surface area contributed by atoms with E-state index in [0.717, 1.165) is 6.42 Å². The maximum atomic E-state index is 10.5. The van der Waals surface area contributed by atoms with E-state index < -0.39 is 11.9 Å². The van der Waals surface area contributed by atoms with Gasteiger partial charge in [0.2, 0.25) is 0 Å². The number of benzene rings is 1. The number of carbonyl (C=O) groups is 2. The Morgan fingerprint density at radius 1 is 0.645 bits per heavy atom. The minimum atomic E-state index is -1.23. The Morgan fingerprint density at radius 3 is 1.19 bits per heavy atom. The average Bonchev–Trinajstić information content (AvgIpc) is 2.74. The molecule has 0 spiro atoms. The minimum Gasteiger partial charge on any atom is -0.478 e. The zero-order valence-corrected chi connectivity index (χ0v) is 22.0. The van der Waals surface area contributed by atoms with E-state index in [2.05, 4.69) is 13.8 Å². The van der Waals surface area contributed by atoms with Crippen LogP contribution >= 0.6 is 0 Å². The number of unbranched alkanes of at least 4 members (excludes halogenated alkanes) is 15. The summed E-state index contributed by atoms with van der Waals surface area (Å²) < 4.78 is 0. The van der Waals surface area contributed by atoms with Crippen molar-refractivity contribution in [3.63, 3.8) is 0 Å². The molecule has 2 N–H and O–H groups in total. The van der Waals surface area contributed by atoms with Gasteiger partial charge in [0.1, 0.15) is 0 Å². The van der Waals surface area contributed by atoms with Crippen LogP contribution in [-0.2, 0) is 0 Å². The predicted octanol–water partition coefficient (Wildman–Crippen LogP) is 5.17. The van der Waals surface area contributed by atoms with Gasteiger partial charge in [0.05, 0.1) is 11.1 Å². The van der Waals surface area contributed by atoms with Crippen LogP contribution in [0.25, 0.3) is 0 Å². The van der Waals surface area contributed by atoms with Crippen LogP contribution in [0.4, 0.5) is 0 Å². The molecule has 0 unspecified atom stereocenters. The van der Waals surface area contributed by atoms with Crippen LogP contribution in [0.3, 0.4) is 0 Å². The van der Waals surface area contributed by atoms with Gasteiger partial charge in [-0.2, -0.15) is 6.42 Å². The first-order valence-electron chi connectivity index (χ1n) is 11.9. The molecule has 0 aromatic heterocycles. The monoisotopic (exact) mass is 442 g/mol. The zero-order valence-electron chi connectivity index (χ0n) is 20.0. The topological polar surface area (TPSA) is 74.6 Å². The largest absolute Gasteiger partial charge is 1.00 e. The van der Waals surface area contributed by atoms with E-state index in [4.69, 9.17) is 10.2 Å². The van der Waals surface area contributed by atoms with Crippen molar-refractivity contribution < 1.29 is 49.4 Å².